The Morgan fingerprint density at radius 3 is 2.55 bits per heavy atom. The molecule has 2 N–H and O–H groups in total. The fourth-order valence-electron chi connectivity index (χ4n) is 2.31. The molecule has 0 spiro atoms. The molecule has 0 atom stereocenters. The van der Waals surface area contributed by atoms with Crippen molar-refractivity contribution in [1.82, 2.24) is 4.31 Å². The number of sulfonamides is 1. The Morgan fingerprint density at radius 1 is 1.50 bits per heavy atom. The van der Waals surface area contributed by atoms with E-state index in [1.807, 2.05) is 0 Å². The number of aliphatic hydroxyl groups excluding tert-OH is 1. The normalized spacial score (nSPS) is 22.8. The highest BCUT2D eigenvalue weighted by molar-refractivity contribution is 7.89. The van der Waals surface area contributed by atoms with Gasteiger partial charge in [0.2, 0.25) is 15.8 Å². The van der Waals surface area contributed by atoms with Crippen LogP contribution in [-0.4, -0.2) is 48.6 Å². The third kappa shape index (κ3) is 2.72. The van der Waals surface area contributed by atoms with Gasteiger partial charge < -0.3 is 14.6 Å². The summed E-state index contributed by atoms with van der Waals surface area (Å²) in [6.07, 6.45) is 0.834. The van der Waals surface area contributed by atoms with E-state index in [-0.39, 0.29) is 22.7 Å². The lowest BCUT2D eigenvalue weighted by molar-refractivity contribution is 0.0367. The van der Waals surface area contributed by atoms with Crippen LogP contribution in [0.4, 0.5) is 0 Å². The number of aryl methyl sites for hydroxylation is 1. The van der Waals surface area contributed by atoms with E-state index < -0.39 is 21.8 Å². The summed E-state index contributed by atoms with van der Waals surface area (Å²) in [7, 11) is -2.34. The molecule has 8 heteroatoms. The molecule has 1 aliphatic carbocycles. The van der Waals surface area contributed by atoms with Gasteiger partial charge in [-0.15, -0.1) is 0 Å². The summed E-state index contributed by atoms with van der Waals surface area (Å²) in [6, 6.07) is 1.03. The van der Waals surface area contributed by atoms with Gasteiger partial charge in [0.05, 0.1) is 6.10 Å². The molecule has 0 unspecified atom stereocenters. The van der Waals surface area contributed by atoms with E-state index >= 15 is 0 Å². The number of carboxylic acid groups (broad SMARTS) is 1. The fourth-order valence-corrected chi connectivity index (χ4v) is 3.71. The maximum atomic E-state index is 12.4. The van der Waals surface area contributed by atoms with Gasteiger partial charge in [0.25, 0.3) is 0 Å². The van der Waals surface area contributed by atoms with E-state index in [1.165, 1.54) is 18.3 Å². The number of aliphatic hydroxyl groups is 1. The molecule has 1 aromatic heterocycles. The first-order valence-electron chi connectivity index (χ1n) is 6.20. The quantitative estimate of drug-likeness (QED) is 0.828. The van der Waals surface area contributed by atoms with Crippen LogP contribution in [0, 0.1) is 12.8 Å². The summed E-state index contributed by atoms with van der Waals surface area (Å²) >= 11 is 0. The van der Waals surface area contributed by atoms with Gasteiger partial charge in [0.1, 0.15) is 10.7 Å². The van der Waals surface area contributed by atoms with Crippen molar-refractivity contribution in [3.05, 3.63) is 17.6 Å². The molecule has 0 bridgehead atoms. The second-order valence-corrected chi connectivity index (χ2v) is 7.13. The summed E-state index contributed by atoms with van der Waals surface area (Å²) in [4.78, 5) is 10.7. The monoisotopic (exact) mass is 303 g/mol. The van der Waals surface area contributed by atoms with Gasteiger partial charge in [-0.05, 0) is 25.7 Å². The zero-order valence-corrected chi connectivity index (χ0v) is 12.1. The fraction of sp³-hybridized carbons (Fsp3) is 0.583. The Labute approximate surface area is 116 Å². The van der Waals surface area contributed by atoms with Crippen LogP contribution in [0.1, 0.15) is 29.2 Å². The van der Waals surface area contributed by atoms with Crippen molar-refractivity contribution in [2.45, 2.75) is 30.8 Å². The lowest BCUT2D eigenvalue weighted by Crippen LogP contribution is -2.39. The lowest BCUT2D eigenvalue weighted by Gasteiger charge is -2.33. The number of rotatable bonds is 5. The highest BCUT2D eigenvalue weighted by Crippen LogP contribution is 2.30. The number of aromatic carboxylic acids is 1. The van der Waals surface area contributed by atoms with Crippen molar-refractivity contribution in [3.8, 4) is 0 Å². The third-order valence-corrected chi connectivity index (χ3v) is 5.43. The van der Waals surface area contributed by atoms with Crippen molar-refractivity contribution < 1.29 is 27.8 Å². The van der Waals surface area contributed by atoms with Crippen molar-refractivity contribution in [2.24, 2.45) is 5.92 Å². The van der Waals surface area contributed by atoms with Crippen LogP contribution in [0.15, 0.2) is 15.4 Å². The second kappa shape index (κ2) is 5.19. The minimum absolute atomic E-state index is 0.0582. The zero-order valence-electron chi connectivity index (χ0n) is 11.2. The minimum atomic E-state index is -3.78. The maximum Gasteiger partial charge on any atom is 0.371 e. The molecule has 1 heterocycles. The predicted molar refractivity (Wildman–Crippen MR) is 69.0 cm³/mol. The molecule has 1 aliphatic rings. The van der Waals surface area contributed by atoms with E-state index in [1.54, 1.807) is 0 Å². The Kier molecular flexibility index (Phi) is 3.90. The number of furan rings is 1. The van der Waals surface area contributed by atoms with E-state index in [0.29, 0.717) is 19.4 Å². The zero-order chi connectivity index (χ0) is 15.1. The largest absolute Gasteiger partial charge is 0.475 e. The molecule has 1 aromatic rings. The summed E-state index contributed by atoms with van der Waals surface area (Å²) in [6.45, 7) is 1.71. The first-order valence-corrected chi connectivity index (χ1v) is 7.64. The molecular formula is C12H17NO6S. The lowest BCUT2D eigenvalue weighted by atomic mass is 9.82. The van der Waals surface area contributed by atoms with Crippen molar-refractivity contribution in [1.29, 1.82) is 0 Å². The molecule has 1 fully saturated rings. The van der Waals surface area contributed by atoms with Crippen molar-refractivity contribution in [2.75, 3.05) is 13.6 Å². The van der Waals surface area contributed by atoms with E-state index in [2.05, 4.69) is 0 Å². The molecule has 2 rings (SSSR count). The van der Waals surface area contributed by atoms with Crippen LogP contribution in [0.3, 0.4) is 0 Å². The van der Waals surface area contributed by atoms with Gasteiger partial charge in [-0.2, -0.15) is 0 Å². The summed E-state index contributed by atoms with van der Waals surface area (Å²) in [5.74, 6) is -1.51. The molecule has 0 saturated heterocycles. The van der Waals surface area contributed by atoms with Crippen molar-refractivity contribution >= 4 is 16.0 Å². The maximum absolute atomic E-state index is 12.4. The number of hydrogen-bond donors (Lipinski definition) is 2. The first-order chi connectivity index (χ1) is 9.21. The Balaban J connectivity index is 2.19. The Hall–Kier alpha value is -1.38. The van der Waals surface area contributed by atoms with Gasteiger partial charge in [-0.3, -0.25) is 0 Å². The SMILES string of the molecule is Cc1oc(C(=O)O)cc1S(=O)(=O)N(C)CC1CC(O)C1. The Bertz CT molecular complexity index is 614. The van der Waals surface area contributed by atoms with Crippen LogP contribution in [0.25, 0.3) is 0 Å². The van der Waals surface area contributed by atoms with Crippen molar-refractivity contribution in [3.63, 3.8) is 0 Å². The Morgan fingerprint density at radius 2 is 2.10 bits per heavy atom. The molecule has 1 saturated carbocycles. The third-order valence-electron chi connectivity index (χ3n) is 3.50. The van der Waals surface area contributed by atoms with Crippen LogP contribution in [0.5, 0.6) is 0 Å². The molecule has 20 heavy (non-hydrogen) atoms. The van der Waals surface area contributed by atoms with Gasteiger partial charge in [-0.25, -0.2) is 17.5 Å². The molecule has 112 valence electrons. The molecule has 7 nitrogen and oxygen atoms in total. The van der Waals surface area contributed by atoms with Gasteiger partial charge >= 0.3 is 5.97 Å². The summed E-state index contributed by atoms with van der Waals surface area (Å²) in [5.41, 5.74) is 0. The first kappa shape index (κ1) is 15.0. The van der Waals surface area contributed by atoms with E-state index in [0.717, 1.165) is 6.07 Å². The number of hydrogen-bond acceptors (Lipinski definition) is 5. The smallest absolute Gasteiger partial charge is 0.371 e. The highest BCUT2D eigenvalue weighted by atomic mass is 32.2. The molecule has 0 aromatic carbocycles. The summed E-state index contributed by atoms with van der Waals surface area (Å²) in [5, 5.41) is 18.0. The molecule has 0 aliphatic heterocycles. The van der Waals surface area contributed by atoms with E-state index in [9.17, 15) is 18.3 Å². The van der Waals surface area contributed by atoms with Crippen LogP contribution < -0.4 is 0 Å². The van der Waals surface area contributed by atoms with Gasteiger partial charge in [0.15, 0.2) is 0 Å². The average Bonchev–Trinajstić information content (AvgIpc) is 2.70. The van der Waals surface area contributed by atoms with Gasteiger partial charge in [-0.1, -0.05) is 0 Å². The highest BCUT2D eigenvalue weighted by Gasteiger charge is 2.33. The molecular weight excluding hydrogens is 286 g/mol. The standard InChI is InChI=1S/C12H17NO6S/c1-7-11(5-10(19-7)12(15)16)20(17,18)13(2)6-8-3-9(14)4-8/h5,8-9,14H,3-4,6H2,1-2H3,(H,15,16). The molecule has 0 radical (unpaired) electrons. The number of carboxylic acids is 1. The van der Waals surface area contributed by atoms with Crippen LogP contribution in [-0.2, 0) is 10.0 Å². The predicted octanol–water partition coefficient (Wildman–Crippen LogP) is 0.678. The van der Waals surface area contributed by atoms with Gasteiger partial charge in [0, 0.05) is 19.7 Å². The van der Waals surface area contributed by atoms with Crippen LogP contribution >= 0.6 is 0 Å². The average molecular weight is 303 g/mol. The molecule has 0 amide bonds. The number of nitrogens with zero attached hydrogens (tertiary/aromatic N) is 1. The summed E-state index contributed by atoms with van der Waals surface area (Å²) < 4.78 is 30.8. The second-order valence-electron chi connectivity index (χ2n) is 5.11. The number of carbonyl (C=O) groups is 1. The van der Waals surface area contributed by atoms with Crippen LogP contribution in [0.2, 0.25) is 0 Å². The topological polar surface area (TPSA) is 108 Å². The minimum Gasteiger partial charge on any atom is -0.475 e. The van der Waals surface area contributed by atoms with E-state index in [4.69, 9.17) is 9.52 Å².